The van der Waals surface area contributed by atoms with Crippen molar-refractivity contribution in [2.45, 2.75) is 3.74 Å². The number of hydrogen-bond donors (Lipinski definition) is 0. The van der Waals surface area contributed by atoms with Crippen molar-refractivity contribution in [2.75, 3.05) is 0 Å². The van der Waals surface area contributed by atoms with Crippen LogP contribution >= 0.6 is 43.5 Å². The van der Waals surface area contributed by atoms with Gasteiger partial charge in [-0.2, -0.15) is 5.26 Å². The van der Waals surface area contributed by atoms with Gasteiger partial charge in [0.05, 0.1) is 8.76 Å². The topological polar surface area (TPSA) is 23.8 Å². The number of alkyl halides is 2. The Kier molecular flexibility index (Phi) is 3.72. The van der Waals surface area contributed by atoms with Crippen molar-refractivity contribution in [3.05, 3.63) is 34.1 Å². The third-order valence-electron chi connectivity index (χ3n) is 1.47. The highest BCUT2D eigenvalue weighted by molar-refractivity contribution is 9.24. The minimum Gasteiger partial charge on any atom is -0.205 e. The van der Waals surface area contributed by atoms with Gasteiger partial charge in [0.1, 0.15) is 17.4 Å². The van der Waals surface area contributed by atoms with Gasteiger partial charge in [0.25, 0.3) is 0 Å². The van der Waals surface area contributed by atoms with E-state index in [1.807, 2.05) is 0 Å². The first-order chi connectivity index (χ1) is 6.07. The summed E-state index contributed by atoms with van der Waals surface area (Å²) in [5.41, 5.74) is 0.516. The molecule has 13 heavy (non-hydrogen) atoms. The number of halogens is 4. The second-order valence-corrected chi connectivity index (χ2v) is 5.68. The molecule has 1 rings (SSSR count). The van der Waals surface area contributed by atoms with Gasteiger partial charge in [-0.25, -0.2) is 4.39 Å². The van der Waals surface area contributed by atoms with E-state index in [9.17, 15) is 4.39 Å². The predicted octanol–water partition coefficient (Wildman–Crippen LogP) is 4.14. The zero-order valence-electron chi connectivity index (χ0n) is 6.19. The molecule has 0 aliphatic rings. The van der Waals surface area contributed by atoms with Crippen LogP contribution in [0.4, 0.5) is 4.39 Å². The minimum atomic E-state index is -0.600. The van der Waals surface area contributed by atoms with Crippen LogP contribution in [0.1, 0.15) is 14.9 Å². The normalized spacial score (nSPS) is 10.2. The first kappa shape index (κ1) is 11.0. The van der Waals surface area contributed by atoms with Gasteiger partial charge in [-0.15, -0.1) is 0 Å². The molecule has 0 unspecified atom stereocenters. The lowest BCUT2D eigenvalue weighted by Crippen LogP contribution is -1.91. The molecule has 0 saturated carbocycles. The Balaban J connectivity index is 3.38. The molecule has 0 spiro atoms. The zero-order valence-corrected chi connectivity index (χ0v) is 10.1. The molecule has 0 amide bonds. The smallest absolute Gasteiger partial charge is 0.142 e. The van der Waals surface area contributed by atoms with Gasteiger partial charge >= 0.3 is 0 Å². The lowest BCUT2D eigenvalue weighted by molar-refractivity contribution is 0.623. The number of nitrogens with zero attached hydrogens (tertiary/aromatic N) is 1. The molecule has 0 saturated heterocycles. The molecule has 0 aliphatic heterocycles. The van der Waals surface area contributed by atoms with Crippen molar-refractivity contribution in [3.63, 3.8) is 0 Å². The Morgan fingerprint density at radius 2 is 2.08 bits per heavy atom. The Bertz CT molecular complexity index is 373. The Morgan fingerprint density at radius 3 is 2.54 bits per heavy atom. The SMILES string of the molecule is N#Cc1c(F)ccc(C(Br)Br)c1Cl. The lowest BCUT2D eigenvalue weighted by atomic mass is 10.1. The molecule has 1 aromatic carbocycles. The summed E-state index contributed by atoms with van der Waals surface area (Å²) in [5.74, 6) is -0.600. The van der Waals surface area contributed by atoms with Gasteiger partial charge in [0.2, 0.25) is 0 Å². The molecule has 68 valence electrons. The second-order valence-electron chi connectivity index (χ2n) is 2.24. The Morgan fingerprint density at radius 1 is 1.46 bits per heavy atom. The lowest BCUT2D eigenvalue weighted by Gasteiger charge is -2.06. The summed E-state index contributed by atoms with van der Waals surface area (Å²) in [6.07, 6.45) is 0. The van der Waals surface area contributed by atoms with E-state index < -0.39 is 5.82 Å². The fourth-order valence-electron chi connectivity index (χ4n) is 0.840. The maximum atomic E-state index is 13.0. The second kappa shape index (κ2) is 4.41. The number of hydrogen-bond acceptors (Lipinski definition) is 1. The van der Waals surface area contributed by atoms with E-state index in [2.05, 4.69) is 31.9 Å². The standard InChI is InChI=1S/C8H3Br2ClFN/c9-8(10)4-1-2-6(12)5(3-13)7(4)11/h1-2,8H. The van der Waals surface area contributed by atoms with Crippen LogP contribution in [0.25, 0.3) is 0 Å². The van der Waals surface area contributed by atoms with E-state index in [1.54, 1.807) is 6.07 Å². The third-order valence-corrected chi connectivity index (χ3v) is 2.86. The highest BCUT2D eigenvalue weighted by Gasteiger charge is 2.14. The van der Waals surface area contributed by atoms with E-state index in [0.717, 1.165) is 0 Å². The molecule has 0 aromatic heterocycles. The molecule has 0 atom stereocenters. The zero-order chi connectivity index (χ0) is 10.0. The van der Waals surface area contributed by atoms with Crippen LogP contribution in [0.2, 0.25) is 5.02 Å². The average molecular weight is 327 g/mol. The monoisotopic (exact) mass is 325 g/mol. The quantitative estimate of drug-likeness (QED) is 0.711. The van der Waals surface area contributed by atoms with E-state index in [1.165, 1.54) is 12.1 Å². The summed E-state index contributed by atoms with van der Waals surface area (Å²) in [7, 11) is 0. The van der Waals surface area contributed by atoms with Crippen molar-refractivity contribution >= 4 is 43.5 Å². The highest BCUT2D eigenvalue weighted by Crippen LogP contribution is 2.36. The van der Waals surface area contributed by atoms with E-state index in [4.69, 9.17) is 16.9 Å². The number of rotatable bonds is 1. The Hall–Kier alpha value is -0.110. The summed E-state index contributed by atoms with van der Waals surface area (Å²) >= 11 is 12.2. The van der Waals surface area contributed by atoms with Gasteiger partial charge < -0.3 is 0 Å². The van der Waals surface area contributed by atoms with Crippen LogP contribution in [-0.4, -0.2) is 0 Å². The molecule has 0 N–H and O–H groups in total. The van der Waals surface area contributed by atoms with Gasteiger partial charge in [-0.3, -0.25) is 0 Å². The van der Waals surface area contributed by atoms with Crippen molar-refractivity contribution in [1.82, 2.24) is 0 Å². The first-order valence-electron chi connectivity index (χ1n) is 3.24. The van der Waals surface area contributed by atoms with Gasteiger partial charge in [-0.05, 0) is 11.6 Å². The summed E-state index contributed by atoms with van der Waals surface area (Å²) < 4.78 is 12.8. The van der Waals surface area contributed by atoms with Crippen LogP contribution in [0.3, 0.4) is 0 Å². The van der Waals surface area contributed by atoms with Crippen LogP contribution in [0.5, 0.6) is 0 Å². The van der Waals surface area contributed by atoms with Crippen molar-refractivity contribution in [2.24, 2.45) is 0 Å². The fraction of sp³-hybridized carbons (Fsp3) is 0.125. The third kappa shape index (κ3) is 2.22. The maximum absolute atomic E-state index is 13.0. The van der Waals surface area contributed by atoms with Crippen molar-refractivity contribution in [3.8, 4) is 6.07 Å². The number of benzene rings is 1. The van der Waals surface area contributed by atoms with Crippen LogP contribution < -0.4 is 0 Å². The molecular weight excluding hydrogens is 324 g/mol. The van der Waals surface area contributed by atoms with Crippen molar-refractivity contribution in [1.29, 1.82) is 5.26 Å². The molecule has 0 fully saturated rings. The fourth-order valence-corrected chi connectivity index (χ4v) is 2.17. The Labute approximate surface area is 96.8 Å². The van der Waals surface area contributed by atoms with Crippen molar-refractivity contribution < 1.29 is 4.39 Å². The molecule has 0 radical (unpaired) electrons. The molecule has 0 aliphatic carbocycles. The average Bonchev–Trinajstić information content (AvgIpc) is 2.04. The van der Waals surface area contributed by atoms with E-state index in [-0.39, 0.29) is 14.3 Å². The van der Waals surface area contributed by atoms with Gasteiger partial charge in [0, 0.05) is 0 Å². The van der Waals surface area contributed by atoms with Crippen LogP contribution in [-0.2, 0) is 0 Å². The predicted molar refractivity (Wildman–Crippen MR) is 56.7 cm³/mol. The minimum absolute atomic E-state index is 0.122. The van der Waals surface area contributed by atoms with E-state index in [0.29, 0.717) is 5.56 Å². The molecule has 0 heterocycles. The largest absolute Gasteiger partial charge is 0.205 e. The summed E-state index contributed by atoms with van der Waals surface area (Å²) in [5, 5.41) is 8.74. The summed E-state index contributed by atoms with van der Waals surface area (Å²) in [6.45, 7) is 0. The molecular formula is C8H3Br2ClFN. The summed E-state index contributed by atoms with van der Waals surface area (Å²) in [6, 6.07) is 4.45. The van der Waals surface area contributed by atoms with Gasteiger partial charge in [0.15, 0.2) is 0 Å². The molecule has 5 heteroatoms. The molecule has 1 aromatic rings. The molecule has 1 nitrogen and oxygen atoms in total. The van der Waals surface area contributed by atoms with E-state index >= 15 is 0 Å². The highest BCUT2D eigenvalue weighted by atomic mass is 79.9. The van der Waals surface area contributed by atoms with Crippen LogP contribution in [0, 0.1) is 17.1 Å². The molecule has 0 bridgehead atoms. The first-order valence-corrected chi connectivity index (χ1v) is 5.45. The maximum Gasteiger partial charge on any atom is 0.142 e. The summed E-state index contributed by atoms with van der Waals surface area (Å²) in [4.78, 5) is 0. The van der Waals surface area contributed by atoms with Crippen LogP contribution in [0.15, 0.2) is 12.1 Å². The number of nitriles is 1. The van der Waals surface area contributed by atoms with Gasteiger partial charge in [-0.1, -0.05) is 49.5 Å².